The molecule has 0 fully saturated rings. The molecule has 1 unspecified atom stereocenters. The minimum atomic E-state index is -0.927. The van der Waals surface area contributed by atoms with Crippen molar-refractivity contribution >= 4 is 0 Å². The smallest absolute Gasteiger partial charge is 0.162 e. The number of rotatable bonds is 4. The normalized spacial score (nSPS) is 12.2. The molecule has 1 atom stereocenters. The van der Waals surface area contributed by atoms with Gasteiger partial charge >= 0.3 is 0 Å². The maximum atomic E-state index is 13.2. The van der Waals surface area contributed by atoms with Crippen LogP contribution in [0.15, 0.2) is 36.4 Å². The minimum Gasteiger partial charge on any atom is -0.457 e. The van der Waals surface area contributed by atoms with E-state index in [9.17, 15) is 8.78 Å². The molecule has 0 saturated heterocycles. The average molecular weight is 277 g/mol. The number of benzene rings is 2. The maximum absolute atomic E-state index is 13.2. The SMILES string of the molecule is Cc1ccc(Oc2ccc(F)c(F)c2)c(CC(C)N)c1. The fraction of sp³-hybridized carbons (Fsp3) is 0.250. The van der Waals surface area contributed by atoms with Crippen LogP contribution in [-0.4, -0.2) is 6.04 Å². The Bertz CT molecular complexity index is 611. The topological polar surface area (TPSA) is 35.2 Å². The largest absolute Gasteiger partial charge is 0.457 e. The molecule has 2 N–H and O–H groups in total. The summed E-state index contributed by atoms with van der Waals surface area (Å²) in [4.78, 5) is 0. The van der Waals surface area contributed by atoms with E-state index >= 15 is 0 Å². The van der Waals surface area contributed by atoms with Gasteiger partial charge in [-0.2, -0.15) is 0 Å². The molecule has 20 heavy (non-hydrogen) atoms. The Labute approximate surface area is 117 Å². The molecular formula is C16H17F2NO. The highest BCUT2D eigenvalue weighted by Crippen LogP contribution is 2.28. The standard InChI is InChI=1S/C16H17F2NO/c1-10-3-6-16(12(7-10)8-11(2)19)20-13-4-5-14(17)15(18)9-13/h3-7,9,11H,8,19H2,1-2H3. The third-order valence-corrected chi connectivity index (χ3v) is 2.88. The van der Waals surface area contributed by atoms with Crippen molar-refractivity contribution in [1.82, 2.24) is 0 Å². The molecule has 0 aliphatic rings. The highest BCUT2D eigenvalue weighted by molar-refractivity contribution is 5.40. The Kier molecular flexibility index (Phi) is 4.35. The molecule has 0 heterocycles. The van der Waals surface area contributed by atoms with Gasteiger partial charge in [-0.05, 0) is 44.0 Å². The number of aryl methyl sites for hydroxylation is 1. The second-order valence-electron chi connectivity index (χ2n) is 4.97. The molecule has 4 heteroatoms. The van der Waals surface area contributed by atoms with E-state index in [4.69, 9.17) is 10.5 Å². The summed E-state index contributed by atoms with van der Waals surface area (Å²) in [7, 11) is 0. The molecule has 106 valence electrons. The van der Waals surface area contributed by atoms with Gasteiger partial charge in [0.15, 0.2) is 11.6 Å². The monoisotopic (exact) mass is 277 g/mol. The molecule has 2 aromatic carbocycles. The van der Waals surface area contributed by atoms with Crippen LogP contribution in [0.3, 0.4) is 0 Å². The van der Waals surface area contributed by atoms with E-state index in [1.165, 1.54) is 6.07 Å². The van der Waals surface area contributed by atoms with Crippen LogP contribution < -0.4 is 10.5 Å². The van der Waals surface area contributed by atoms with E-state index in [1.54, 1.807) is 0 Å². The molecule has 0 spiro atoms. The lowest BCUT2D eigenvalue weighted by molar-refractivity contribution is 0.456. The van der Waals surface area contributed by atoms with Crippen LogP contribution in [0.5, 0.6) is 11.5 Å². The minimum absolute atomic E-state index is 0.0101. The zero-order valence-electron chi connectivity index (χ0n) is 11.5. The van der Waals surface area contributed by atoms with Crippen LogP contribution in [0.4, 0.5) is 8.78 Å². The summed E-state index contributed by atoms with van der Waals surface area (Å²) < 4.78 is 31.7. The molecule has 0 radical (unpaired) electrons. The van der Waals surface area contributed by atoms with E-state index < -0.39 is 11.6 Å². The van der Waals surface area contributed by atoms with Gasteiger partial charge in [0.05, 0.1) is 0 Å². The van der Waals surface area contributed by atoms with E-state index in [0.29, 0.717) is 12.2 Å². The Balaban J connectivity index is 2.30. The first-order valence-electron chi connectivity index (χ1n) is 6.43. The third kappa shape index (κ3) is 3.54. The molecule has 0 aliphatic heterocycles. The zero-order valence-corrected chi connectivity index (χ0v) is 11.5. The van der Waals surface area contributed by atoms with E-state index in [1.807, 2.05) is 32.0 Å². The van der Waals surface area contributed by atoms with Crippen molar-refractivity contribution in [3.63, 3.8) is 0 Å². The lowest BCUT2D eigenvalue weighted by Crippen LogP contribution is -2.18. The molecule has 0 amide bonds. The Morgan fingerprint density at radius 3 is 2.50 bits per heavy atom. The summed E-state index contributed by atoms with van der Waals surface area (Å²) in [6.07, 6.45) is 0.653. The summed E-state index contributed by atoms with van der Waals surface area (Å²) in [5, 5.41) is 0. The van der Waals surface area contributed by atoms with E-state index in [0.717, 1.165) is 23.3 Å². The number of ether oxygens (including phenoxy) is 1. The van der Waals surface area contributed by atoms with E-state index in [2.05, 4.69) is 0 Å². The van der Waals surface area contributed by atoms with Crippen LogP contribution in [0.25, 0.3) is 0 Å². The molecular weight excluding hydrogens is 260 g/mol. The van der Waals surface area contributed by atoms with Crippen molar-refractivity contribution in [3.8, 4) is 11.5 Å². The number of hydrogen-bond acceptors (Lipinski definition) is 2. The predicted octanol–water partition coefficient (Wildman–Crippen LogP) is 3.96. The highest BCUT2D eigenvalue weighted by atomic mass is 19.2. The molecule has 0 bridgehead atoms. The van der Waals surface area contributed by atoms with Gasteiger partial charge in [0.2, 0.25) is 0 Å². The van der Waals surface area contributed by atoms with Crippen molar-refractivity contribution in [2.75, 3.05) is 0 Å². The number of hydrogen-bond donors (Lipinski definition) is 1. The summed E-state index contributed by atoms with van der Waals surface area (Å²) >= 11 is 0. The van der Waals surface area contributed by atoms with Gasteiger partial charge in [0.1, 0.15) is 11.5 Å². The maximum Gasteiger partial charge on any atom is 0.162 e. The van der Waals surface area contributed by atoms with Crippen LogP contribution in [0, 0.1) is 18.6 Å². The van der Waals surface area contributed by atoms with Gasteiger partial charge in [-0.1, -0.05) is 17.7 Å². The van der Waals surface area contributed by atoms with Crippen molar-refractivity contribution in [1.29, 1.82) is 0 Å². The molecule has 2 rings (SSSR count). The van der Waals surface area contributed by atoms with Crippen LogP contribution in [0.1, 0.15) is 18.1 Å². The van der Waals surface area contributed by atoms with Crippen LogP contribution in [-0.2, 0) is 6.42 Å². The highest BCUT2D eigenvalue weighted by Gasteiger charge is 2.09. The lowest BCUT2D eigenvalue weighted by Gasteiger charge is -2.14. The van der Waals surface area contributed by atoms with Crippen LogP contribution in [0.2, 0.25) is 0 Å². The van der Waals surface area contributed by atoms with Crippen molar-refractivity contribution in [2.45, 2.75) is 26.3 Å². The molecule has 2 aromatic rings. The molecule has 0 saturated carbocycles. The molecule has 0 aromatic heterocycles. The van der Waals surface area contributed by atoms with Crippen molar-refractivity contribution < 1.29 is 13.5 Å². The first-order valence-corrected chi connectivity index (χ1v) is 6.43. The van der Waals surface area contributed by atoms with Gasteiger partial charge in [0, 0.05) is 12.1 Å². The van der Waals surface area contributed by atoms with Crippen molar-refractivity contribution in [3.05, 3.63) is 59.2 Å². The summed E-state index contributed by atoms with van der Waals surface area (Å²) in [6.45, 7) is 3.88. The first-order chi connectivity index (χ1) is 9.45. The zero-order chi connectivity index (χ0) is 14.7. The van der Waals surface area contributed by atoms with Gasteiger partial charge in [-0.3, -0.25) is 0 Å². The van der Waals surface area contributed by atoms with E-state index in [-0.39, 0.29) is 11.8 Å². The van der Waals surface area contributed by atoms with Gasteiger partial charge in [-0.25, -0.2) is 8.78 Å². The molecule has 0 aliphatic carbocycles. The lowest BCUT2D eigenvalue weighted by atomic mass is 10.0. The Morgan fingerprint density at radius 1 is 1.10 bits per heavy atom. The Hall–Kier alpha value is -1.94. The predicted molar refractivity (Wildman–Crippen MR) is 75.0 cm³/mol. The summed E-state index contributed by atoms with van der Waals surface area (Å²) in [5.74, 6) is -0.946. The third-order valence-electron chi connectivity index (χ3n) is 2.88. The van der Waals surface area contributed by atoms with Crippen LogP contribution >= 0.6 is 0 Å². The molecule has 2 nitrogen and oxygen atoms in total. The first kappa shape index (κ1) is 14.5. The summed E-state index contributed by atoms with van der Waals surface area (Å²) in [5.41, 5.74) is 7.86. The van der Waals surface area contributed by atoms with Gasteiger partial charge in [0.25, 0.3) is 0 Å². The average Bonchev–Trinajstić information content (AvgIpc) is 2.36. The van der Waals surface area contributed by atoms with Gasteiger partial charge in [-0.15, -0.1) is 0 Å². The summed E-state index contributed by atoms with van der Waals surface area (Å²) in [6, 6.07) is 9.17. The number of halogens is 2. The Morgan fingerprint density at radius 2 is 1.85 bits per heavy atom. The van der Waals surface area contributed by atoms with Crippen molar-refractivity contribution in [2.24, 2.45) is 5.73 Å². The second-order valence-corrected chi connectivity index (χ2v) is 4.97. The fourth-order valence-electron chi connectivity index (χ4n) is 1.98. The second kappa shape index (κ2) is 6.01. The van der Waals surface area contributed by atoms with Gasteiger partial charge < -0.3 is 10.5 Å². The fourth-order valence-corrected chi connectivity index (χ4v) is 1.98. The number of nitrogens with two attached hydrogens (primary N) is 1. The quantitative estimate of drug-likeness (QED) is 0.918.